The SMILES string of the molecule is O=C1CCSC(c2cc(Cl)ccc2O)N1CCc1ccc(O)c(O)c1. The Labute approximate surface area is 154 Å². The van der Waals surface area contributed by atoms with Crippen molar-refractivity contribution in [2.45, 2.75) is 18.2 Å². The van der Waals surface area contributed by atoms with Crippen molar-refractivity contribution in [1.29, 1.82) is 0 Å². The molecule has 5 nitrogen and oxygen atoms in total. The number of carbonyl (C=O) groups excluding carboxylic acids is 1. The van der Waals surface area contributed by atoms with E-state index in [1.807, 2.05) is 0 Å². The summed E-state index contributed by atoms with van der Waals surface area (Å²) in [6.07, 6.45) is 0.974. The van der Waals surface area contributed by atoms with Gasteiger partial charge in [0.05, 0.1) is 0 Å². The number of hydrogen-bond acceptors (Lipinski definition) is 5. The van der Waals surface area contributed by atoms with E-state index >= 15 is 0 Å². The summed E-state index contributed by atoms with van der Waals surface area (Å²) >= 11 is 7.64. The number of phenolic OH excluding ortho intramolecular Hbond substituents is 3. The lowest BCUT2D eigenvalue weighted by atomic mass is 10.1. The molecule has 3 N–H and O–H groups in total. The summed E-state index contributed by atoms with van der Waals surface area (Å²) < 4.78 is 0. The normalized spacial score (nSPS) is 17.7. The van der Waals surface area contributed by atoms with Crippen molar-refractivity contribution in [2.24, 2.45) is 0 Å². The maximum Gasteiger partial charge on any atom is 0.224 e. The van der Waals surface area contributed by atoms with Crippen molar-refractivity contribution in [1.82, 2.24) is 4.90 Å². The van der Waals surface area contributed by atoms with Gasteiger partial charge in [0.15, 0.2) is 11.5 Å². The van der Waals surface area contributed by atoms with Gasteiger partial charge in [0, 0.05) is 29.3 Å². The number of amides is 1. The number of halogens is 1. The average molecular weight is 380 g/mol. The highest BCUT2D eigenvalue weighted by Crippen LogP contribution is 2.42. The molecule has 2 aromatic carbocycles. The van der Waals surface area contributed by atoms with E-state index in [4.69, 9.17) is 11.6 Å². The van der Waals surface area contributed by atoms with E-state index in [1.54, 1.807) is 34.9 Å². The molecule has 1 fully saturated rings. The molecule has 1 aliphatic rings. The van der Waals surface area contributed by atoms with Gasteiger partial charge in [-0.2, -0.15) is 0 Å². The number of phenols is 3. The summed E-state index contributed by atoms with van der Waals surface area (Å²) in [6, 6.07) is 9.46. The second-order valence-corrected chi connectivity index (χ2v) is 7.46. The van der Waals surface area contributed by atoms with E-state index in [-0.39, 0.29) is 28.5 Å². The highest BCUT2D eigenvalue weighted by molar-refractivity contribution is 7.99. The molecule has 0 spiro atoms. The minimum Gasteiger partial charge on any atom is -0.508 e. The van der Waals surface area contributed by atoms with E-state index in [0.29, 0.717) is 35.7 Å². The van der Waals surface area contributed by atoms with Crippen LogP contribution in [0.5, 0.6) is 17.2 Å². The third-order valence-electron chi connectivity index (χ3n) is 4.13. The van der Waals surface area contributed by atoms with Crippen LogP contribution >= 0.6 is 23.4 Å². The number of carbonyl (C=O) groups is 1. The van der Waals surface area contributed by atoms with Crippen LogP contribution in [-0.4, -0.2) is 38.4 Å². The smallest absolute Gasteiger partial charge is 0.224 e. The lowest BCUT2D eigenvalue weighted by Crippen LogP contribution is -2.38. The highest BCUT2D eigenvalue weighted by Gasteiger charge is 2.31. The van der Waals surface area contributed by atoms with Gasteiger partial charge in [-0.1, -0.05) is 17.7 Å². The first kappa shape index (κ1) is 17.8. The fourth-order valence-corrected chi connectivity index (χ4v) is 4.29. The minimum absolute atomic E-state index is 0.0196. The molecule has 2 aromatic rings. The highest BCUT2D eigenvalue weighted by atomic mass is 35.5. The molecular weight excluding hydrogens is 362 g/mol. The van der Waals surface area contributed by atoms with Crippen LogP contribution in [0.25, 0.3) is 0 Å². The fraction of sp³-hybridized carbons (Fsp3) is 0.278. The van der Waals surface area contributed by atoms with Gasteiger partial charge in [-0.3, -0.25) is 4.79 Å². The molecule has 25 heavy (non-hydrogen) atoms. The molecule has 1 heterocycles. The molecule has 1 atom stereocenters. The lowest BCUT2D eigenvalue weighted by molar-refractivity contribution is -0.132. The molecule has 0 aromatic heterocycles. The summed E-state index contributed by atoms with van der Waals surface area (Å²) in [6.45, 7) is 0.437. The lowest BCUT2D eigenvalue weighted by Gasteiger charge is -2.35. The van der Waals surface area contributed by atoms with Gasteiger partial charge in [0.25, 0.3) is 0 Å². The van der Waals surface area contributed by atoms with Crippen LogP contribution in [0.1, 0.15) is 22.9 Å². The summed E-state index contributed by atoms with van der Waals surface area (Å²) in [7, 11) is 0. The van der Waals surface area contributed by atoms with Crippen molar-refractivity contribution in [3.8, 4) is 17.2 Å². The third kappa shape index (κ3) is 3.96. The van der Waals surface area contributed by atoms with Crippen molar-refractivity contribution in [3.63, 3.8) is 0 Å². The van der Waals surface area contributed by atoms with Crippen molar-refractivity contribution < 1.29 is 20.1 Å². The fourth-order valence-electron chi connectivity index (χ4n) is 2.82. The second-order valence-electron chi connectivity index (χ2n) is 5.84. The second kappa shape index (κ2) is 7.45. The molecule has 7 heteroatoms. The van der Waals surface area contributed by atoms with Gasteiger partial charge in [0.1, 0.15) is 11.1 Å². The Kier molecular flexibility index (Phi) is 5.30. The Morgan fingerprint density at radius 3 is 2.60 bits per heavy atom. The zero-order valence-corrected chi connectivity index (χ0v) is 14.9. The van der Waals surface area contributed by atoms with Crippen LogP contribution in [0.15, 0.2) is 36.4 Å². The molecule has 0 bridgehead atoms. The summed E-state index contributed by atoms with van der Waals surface area (Å²) in [4.78, 5) is 14.2. The van der Waals surface area contributed by atoms with Crippen LogP contribution in [0.2, 0.25) is 5.02 Å². The number of benzene rings is 2. The van der Waals surface area contributed by atoms with Crippen LogP contribution in [0, 0.1) is 0 Å². The molecule has 1 saturated heterocycles. The van der Waals surface area contributed by atoms with Crippen LogP contribution in [0.4, 0.5) is 0 Å². The van der Waals surface area contributed by atoms with Gasteiger partial charge >= 0.3 is 0 Å². The molecule has 1 aliphatic heterocycles. The first-order valence-corrected chi connectivity index (χ1v) is 9.28. The number of hydrogen-bond donors (Lipinski definition) is 3. The van der Waals surface area contributed by atoms with E-state index in [2.05, 4.69) is 0 Å². The number of nitrogens with zero attached hydrogens (tertiary/aromatic N) is 1. The number of aromatic hydroxyl groups is 3. The van der Waals surface area contributed by atoms with E-state index < -0.39 is 0 Å². The van der Waals surface area contributed by atoms with Gasteiger partial charge in [-0.25, -0.2) is 0 Å². The topological polar surface area (TPSA) is 81.0 Å². The Morgan fingerprint density at radius 2 is 1.84 bits per heavy atom. The maximum absolute atomic E-state index is 12.4. The summed E-state index contributed by atoms with van der Waals surface area (Å²) in [5.74, 6) is 0.470. The monoisotopic (exact) mass is 379 g/mol. The molecule has 0 aliphatic carbocycles. The molecule has 0 saturated carbocycles. The third-order valence-corrected chi connectivity index (χ3v) is 5.63. The van der Waals surface area contributed by atoms with Crippen molar-refractivity contribution >= 4 is 29.3 Å². The number of rotatable bonds is 4. The Morgan fingerprint density at radius 1 is 1.08 bits per heavy atom. The van der Waals surface area contributed by atoms with Crippen molar-refractivity contribution in [3.05, 3.63) is 52.5 Å². The van der Waals surface area contributed by atoms with Gasteiger partial charge < -0.3 is 20.2 Å². The van der Waals surface area contributed by atoms with E-state index in [1.165, 1.54) is 18.2 Å². The number of thioether (sulfide) groups is 1. The molecular formula is C18H18ClNO4S. The first-order chi connectivity index (χ1) is 12.0. The average Bonchev–Trinajstić information content (AvgIpc) is 2.59. The standard InChI is InChI=1S/C18H18ClNO4S/c19-12-2-4-14(21)13(10-12)18-20(17(24)6-8-25-18)7-5-11-1-3-15(22)16(23)9-11/h1-4,9-10,18,21-23H,5-8H2. The van der Waals surface area contributed by atoms with Gasteiger partial charge in [-0.15, -0.1) is 11.8 Å². The van der Waals surface area contributed by atoms with Crippen LogP contribution in [0.3, 0.4) is 0 Å². The Bertz CT molecular complexity index is 799. The zero-order chi connectivity index (χ0) is 18.0. The van der Waals surface area contributed by atoms with Crippen molar-refractivity contribution in [2.75, 3.05) is 12.3 Å². The molecule has 132 valence electrons. The van der Waals surface area contributed by atoms with Crippen LogP contribution < -0.4 is 0 Å². The van der Waals surface area contributed by atoms with Crippen LogP contribution in [-0.2, 0) is 11.2 Å². The quantitative estimate of drug-likeness (QED) is 0.706. The molecule has 3 rings (SSSR count). The maximum atomic E-state index is 12.4. The molecule has 1 unspecified atom stereocenters. The predicted octanol–water partition coefficient (Wildman–Crippen LogP) is 3.66. The van der Waals surface area contributed by atoms with E-state index in [9.17, 15) is 20.1 Å². The summed E-state index contributed by atoms with van der Waals surface area (Å²) in [5, 5.41) is 29.4. The first-order valence-electron chi connectivity index (χ1n) is 7.86. The van der Waals surface area contributed by atoms with E-state index in [0.717, 1.165) is 5.56 Å². The summed E-state index contributed by atoms with van der Waals surface area (Å²) in [5.41, 5.74) is 1.44. The Hall–Kier alpha value is -2.05. The predicted molar refractivity (Wildman–Crippen MR) is 98.1 cm³/mol. The largest absolute Gasteiger partial charge is 0.508 e. The Balaban J connectivity index is 1.81. The minimum atomic E-state index is -0.300. The zero-order valence-electron chi connectivity index (χ0n) is 13.4. The van der Waals surface area contributed by atoms with Gasteiger partial charge in [-0.05, 0) is 42.3 Å². The molecule has 1 amide bonds. The molecule has 0 radical (unpaired) electrons. The van der Waals surface area contributed by atoms with Gasteiger partial charge in [0.2, 0.25) is 5.91 Å².